The van der Waals surface area contributed by atoms with E-state index in [0.717, 1.165) is 37.7 Å². The van der Waals surface area contributed by atoms with Crippen molar-refractivity contribution in [2.24, 2.45) is 0 Å². The SMILES string of the molecule is Nc1ccccc1CN(C1CC1)S(=O)(=O)N1CCCCC1. The number of rotatable bonds is 5. The van der Waals surface area contributed by atoms with E-state index >= 15 is 0 Å². The monoisotopic (exact) mass is 309 g/mol. The van der Waals surface area contributed by atoms with Crippen LogP contribution < -0.4 is 5.73 Å². The van der Waals surface area contributed by atoms with Crippen LogP contribution in [0.3, 0.4) is 0 Å². The second-order valence-electron chi connectivity index (χ2n) is 5.94. The fraction of sp³-hybridized carbons (Fsp3) is 0.600. The molecule has 1 heterocycles. The van der Waals surface area contributed by atoms with Crippen LogP contribution in [0.4, 0.5) is 5.69 Å². The summed E-state index contributed by atoms with van der Waals surface area (Å²) in [7, 11) is -3.36. The van der Waals surface area contributed by atoms with Gasteiger partial charge in [-0.25, -0.2) is 0 Å². The molecule has 1 saturated heterocycles. The zero-order valence-corrected chi connectivity index (χ0v) is 13.1. The Hall–Kier alpha value is -1.11. The van der Waals surface area contributed by atoms with Crippen molar-refractivity contribution in [2.75, 3.05) is 18.8 Å². The van der Waals surface area contributed by atoms with Crippen molar-refractivity contribution >= 4 is 15.9 Å². The van der Waals surface area contributed by atoms with E-state index in [2.05, 4.69) is 0 Å². The fourth-order valence-corrected chi connectivity index (χ4v) is 4.76. The number of piperidine rings is 1. The molecule has 2 aliphatic rings. The summed E-state index contributed by atoms with van der Waals surface area (Å²) in [6.07, 6.45) is 4.97. The molecule has 0 aromatic heterocycles. The summed E-state index contributed by atoms with van der Waals surface area (Å²) < 4.78 is 29.1. The highest BCUT2D eigenvalue weighted by atomic mass is 32.2. The minimum Gasteiger partial charge on any atom is -0.398 e. The average Bonchev–Trinajstić information content (AvgIpc) is 3.31. The lowest BCUT2D eigenvalue weighted by molar-refractivity contribution is 0.296. The molecule has 6 heteroatoms. The first kappa shape index (κ1) is 14.8. The Morgan fingerprint density at radius 1 is 1.14 bits per heavy atom. The molecule has 1 aromatic rings. The van der Waals surface area contributed by atoms with E-state index < -0.39 is 10.2 Å². The van der Waals surface area contributed by atoms with Gasteiger partial charge in [-0.15, -0.1) is 0 Å². The normalized spacial score (nSPS) is 20.8. The van der Waals surface area contributed by atoms with Gasteiger partial charge >= 0.3 is 0 Å². The Labute approximate surface area is 126 Å². The quantitative estimate of drug-likeness (QED) is 0.846. The fourth-order valence-electron chi connectivity index (χ4n) is 2.85. The van der Waals surface area contributed by atoms with Crippen LogP contribution in [0, 0.1) is 0 Å². The van der Waals surface area contributed by atoms with Gasteiger partial charge in [-0.2, -0.15) is 17.0 Å². The largest absolute Gasteiger partial charge is 0.398 e. The minimum atomic E-state index is -3.36. The predicted molar refractivity (Wildman–Crippen MR) is 83.8 cm³/mol. The maximum absolute atomic E-state index is 12.9. The van der Waals surface area contributed by atoms with Gasteiger partial charge in [-0.05, 0) is 37.3 Å². The first-order valence-corrected chi connectivity index (χ1v) is 9.09. The third kappa shape index (κ3) is 3.22. The summed E-state index contributed by atoms with van der Waals surface area (Å²) in [4.78, 5) is 0. The maximum Gasteiger partial charge on any atom is 0.282 e. The molecule has 5 nitrogen and oxygen atoms in total. The maximum atomic E-state index is 12.9. The molecule has 0 bridgehead atoms. The Bertz CT molecular complexity index is 593. The van der Waals surface area contributed by atoms with Crippen molar-refractivity contribution in [1.29, 1.82) is 0 Å². The molecular weight excluding hydrogens is 286 g/mol. The van der Waals surface area contributed by atoms with Gasteiger partial charge in [0, 0.05) is 31.4 Å². The number of nitrogens with two attached hydrogens (primary N) is 1. The molecule has 0 unspecified atom stereocenters. The van der Waals surface area contributed by atoms with E-state index in [9.17, 15) is 8.42 Å². The molecular formula is C15H23N3O2S. The summed E-state index contributed by atoms with van der Waals surface area (Å²) >= 11 is 0. The molecule has 0 amide bonds. The molecule has 21 heavy (non-hydrogen) atoms. The average molecular weight is 309 g/mol. The van der Waals surface area contributed by atoms with Gasteiger partial charge in [0.1, 0.15) is 0 Å². The topological polar surface area (TPSA) is 66.6 Å². The summed E-state index contributed by atoms with van der Waals surface area (Å²) in [6.45, 7) is 1.68. The van der Waals surface area contributed by atoms with Crippen molar-refractivity contribution in [3.05, 3.63) is 29.8 Å². The summed E-state index contributed by atoms with van der Waals surface area (Å²) in [5.41, 5.74) is 7.53. The van der Waals surface area contributed by atoms with Gasteiger partial charge < -0.3 is 5.73 Å². The van der Waals surface area contributed by atoms with Crippen LogP contribution in [0.1, 0.15) is 37.7 Å². The van der Waals surface area contributed by atoms with E-state index in [4.69, 9.17) is 5.73 Å². The van der Waals surface area contributed by atoms with Crippen LogP contribution in [0.15, 0.2) is 24.3 Å². The van der Waals surface area contributed by atoms with E-state index in [-0.39, 0.29) is 6.04 Å². The van der Waals surface area contributed by atoms with Crippen molar-refractivity contribution in [3.8, 4) is 0 Å². The molecule has 116 valence electrons. The smallest absolute Gasteiger partial charge is 0.282 e. The van der Waals surface area contributed by atoms with Crippen molar-refractivity contribution in [1.82, 2.24) is 8.61 Å². The second-order valence-corrected chi connectivity index (χ2v) is 7.82. The number of anilines is 1. The molecule has 1 aromatic carbocycles. The van der Waals surface area contributed by atoms with Crippen LogP contribution in [0.2, 0.25) is 0 Å². The Kier molecular flexibility index (Phi) is 4.19. The number of hydrogen-bond acceptors (Lipinski definition) is 3. The number of nitrogen functional groups attached to an aromatic ring is 1. The van der Waals surface area contributed by atoms with Crippen molar-refractivity contribution in [2.45, 2.75) is 44.7 Å². The van der Waals surface area contributed by atoms with Gasteiger partial charge in [0.25, 0.3) is 10.2 Å². The molecule has 0 spiro atoms. The van der Waals surface area contributed by atoms with E-state index in [1.165, 1.54) is 0 Å². The van der Waals surface area contributed by atoms with Gasteiger partial charge in [0.2, 0.25) is 0 Å². The van der Waals surface area contributed by atoms with E-state index in [1.54, 1.807) is 8.61 Å². The first-order valence-electron chi connectivity index (χ1n) is 7.69. The Balaban J connectivity index is 1.82. The number of hydrogen-bond donors (Lipinski definition) is 1. The van der Waals surface area contributed by atoms with Crippen LogP contribution in [-0.2, 0) is 16.8 Å². The molecule has 2 fully saturated rings. The second kappa shape index (κ2) is 5.94. The highest BCUT2D eigenvalue weighted by Gasteiger charge is 2.40. The lowest BCUT2D eigenvalue weighted by atomic mass is 10.2. The third-order valence-electron chi connectivity index (χ3n) is 4.27. The number of para-hydroxylation sites is 1. The van der Waals surface area contributed by atoms with Crippen LogP contribution in [0.25, 0.3) is 0 Å². The van der Waals surface area contributed by atoms with Crippen molar-refractivity contribution in [3.63, 3.8) is 0 Å². The molecule has 1 aliphatic heterocycles. The number of benzene rings is 1. The van der Waals surface area contributed by atoms with Gasteiger partial charge in [-0.1, -0.05) is 24.6 Å². The third-order valence-corrected chi connectivity index (χ3v) is 6.31. The van der Waals surface area contributed by atoms with Crippen LogP contribution >= 0.6 is 0 Å². The molecule has 3 rings (SSSR count). The van der Waals surface area contributed by atoms with Gasteiger partial charge in [0.05, 0.1) is 0 Å². The van der Waals surface area contributed by atoms with Crippen LogP contribution in [-0.4, -0.2) is 36.2 Å². The molecule has 1 saturated carbocycles. The van der Waals surface area contributed by atoms with E-state index in [0.29, 0.717) is 25.3 Å². The number of nitrogens with zero attached hydrogens (tertiary/aromatic N) is 2. The van der Waals surface area contributed by atoms with E-state index in [1.807, 2.05) is 24.3 Å². The molecule has 1 aliphatic carbocycles. The molecule has 0 atom stereocenters. The summed E-state index contributed by atoms with van der Waals surface area (Å²) in [6, 6.07) is 7.67. The Morgan fingerprint density at radius 2 is 1.81 bits per heavy atom. The highest BCUT2D eigenvalue weighted by molar-refractivity contribution is 7.86. The lowest BCUT2D eigenvalue weighted by Crippen LogP contribution is -2.46. The zero-order chi connectivity index (χ0) is 14.9. The predicted octanol–water partition coefficient (Wildman–Crippen LogP) is 1.96. The lowest BCUT2D eigenvalue weighted by Gasteiger charge is -2.32. The molecule has 2 N–H and O–H groups in total. The van der Waals surface area contributed by atoms with Gasteiger partial charge in [-0.3, -0.25) is 0 Å². The zero-order valence-electron chi connectivity index (χ0n) is 12.2. The summed E-state index contributed by atoms with van der Waals surface area (Å²) in [5, 5.41) is 0. The standard InChI is InChI=1S/C15H23N3O2S/c16-15-7-3-2-6-13(15)12-18(14-8-9-14)21(19,20)17-10-4-1-5-11-17/h2-3,6-7,14H,1,4-5,8-12,16H2. The Morgan fingerprint density at radius 3 is 2.43 bits per heavy atom. The van der Waals surface area contributed by atoms with Crippen LogP contribution in [0.5, 0.6) is 0 Å². The minimum absolute atomic E-state index is 0.150. The van der Waals surface area contributed by atoms with Gasteiger partial charge in [0.15, 0.2) is 0 Å². The summed E-state index contributed by atoms with van der Waals surface area (Å²) in [5.74, 6) is 0. The van der Waals surface area contributed by atoms with Crippen molar-refractivity contribution < 1.29 is 8.42 Å². The first-order chi connectivity index (χ1) is 10.1. The highest BCUT2D eigenvalue weighted by Crippen LogP contribution is 2.33. The molecule has 0 radical (unpaired) electrons.